The summed E-state index contributed by atoms with van der Waals surface area (Å²) >= 11 is 1.01. The molecule has 0 fully saturated rings. The number of nitrogens with one attached hydrogen (secondary N) is 1. The number of nitriles is 1. The molecule has 2 heterocycles. The minimum Gasteiger partial charge on any atom is -0.478 e. The second-order valence-corrected chi connectivity index (χ2v) is 6.03. The number of aromatic nitrogens is 1. The SMILES string of the molecule is N#Cc1cc2c(N)c(C(=O)Nc3ccccc3C(=O)O)sc2nc1N. The molecule has 3 aromatic rings. The number of carboxylic acids is 1. The van der Waals surface area contributed by atoms with Crippen LogP contribution in [0.25, 0.3) is 10.2 Å². The monoisotopic (exact) mass is 353 g/mol. The van der Waals surface area contributed by atoms with Gasteiger partial charge in [0.2, 0.25) is 0 Å². The van der Waals surface area contributed by atoms with Crippen molar-refractivity contribution in [1.82, 2.24) is 4.98 Å². The molecule has 1 aromatic carbocycles. The van der Waals surface area contributed by atoms with Gasteiger partial charge in [-0.2, -0.15) is 5.26 Å². The number of nitrogens with two attached hydrogens (primary N) is 2. The first kappa shape index (κ1) is 16.2. The van der Waals surface area contributed by atoms with Crippen LogP contribution in [-0.4, -0.2) is 22.0 Å². The molecule has 0 aliphatic rings. The molecule has 6 N–H and O–H groups in total. The Kier molecular flexibility index (Phi) is 3.96. The van der Waals surface area contributed by atoms with Gasteiger partial charge in [-0.25, -0.2) is 9.78 Å². The predicted molar refractivity (Wildman–Crippen MR) is 94.5 cm³/mol. The Hall–Kier alpha value is -3.64. The van der Waals surface area contributed by atoms with Gasteiger partial charge in [0.25, 0.3) is 5.91 Å². The van der Waals surface area contributed by atoms with Gasteiger partial charge < -0.3 is 21.9 Å². The highest BCUT2D eigenvalue weighted by Crippen LogP contribution is 2.34. The fourth-order valence-corrected chi connectivity index (χ4v) is 3.25. The smallest absolute Gasteiger partial charge is 0.337 e. The molecule has 3 rings (SSSR count). The van der Waals surface area contributed by atoms with E-state index in [1.807, 2.05) is 6.07 Å². The molecular formula is C16H11N5O3S. The number of thiophene rings is 1. The molecule has 8 nitrogen and oxygen atoms in total. The van der Waals surface area contributed by atoms with Crippen LogP contribution in [0.5, 0.6) is 0 Å². The molecule has 9 heteroatoms. The average molecular weight is 353 g/mol. The molecule has 25 heavy (non-hydrogen) atoms. The fourth-order valence-electron chi connectivity index (χ4n) is 2.27. The van der Waals surface area contributed by atoms with Crippen molar-refractivity contribution in [3.63, 3.8) is 0 Å². The summed E-state index contributed by atoms with van der Waals surface area (Å²) in [5.41, 5.74) is 12.1. The topological polar surface area (TPSA) is 155 Å². The van der Waals surface area contributed by atoms with Crippen LogP contribution in [0.2, 0.25) is 0 Å². The van der Waals surface area contributed by atoms with Crippen LogP contribution < -0.4 is 16.8 Å². The molecule has 0 unspecified atom stereocenters. The summed E-state index contributed by atoms with van der Waals surface area (Å²) in [6.45, 7) is 0. The van der Waals surface area contributed by atoms with Gasteiger partial charge in [-0.05, 0) is 18.2 Å². The van der Waals surface area contributed by atoms with Gasteiger partial charge in [-0.15, -0.1) is 11.3 Å². The van der Waals surface area contributed by atoms with Crippen molar-refractivity contribution in [3.8, 4) is 6.07 Å². The molecular weight excluding hydrogens is 342 g/mol. The summed E-state index contributed by atoms with van der Waals surface area (Å²) in [5, 5.41) is 21.2. The standard InChI is InChI=1S/C16H11N5O3S/c17-6-7-5-9-11(18)12(25-15(9)21-13(7)19)14(22)20-10-4-2-1-3-8(10)16(23)24/h1-5H,18H2,(H2,19,21)(H,20,22)(H,23,24). The third-order valence-corrected chi connectivity index (χ3v) is 4.60. The van der Waals surface area contributed by atoms with E-state index in [0.717, 1.165) is 11.3 Å². The summed E-state index contributed by atoms with van der Waals surface area (Å²) < 4.78 is 0. The highest BCUT2D eigenvalue weighted by molar-refractivity contribution is 7.21. The lowest BCUT2D eigenvalue weighted by Gasteiger charge is -2.07. The van der Waals surface area contributed by atoms with Crippen molar-refractivity contribution in [1.29, 1.82) is 5.26 Å². The minimum absolute atomic E-state index is 0.0373. The van der Waals surface area contributed by atoms with Gasteiger partial charge in [-0.3, -0.25) is 4.79 Å². The molecule has 0 radical (unpaired) electrons. The summed E-state index contributed by atoms with van der Waals surface area (Å²) in [7, 11) is 0. The van der Waals surface area contributed by atoms with E-state index in [4.69, 9.17) is 16.7 Å². The second kappa shape index (κ2) is 6.10. The number of anilines is 3. The zero-order valence-corrected chi connectivity index (χ0v) is 13.4. The summed E-state index contributed by atoms with van der Waals surface area (Å²) in [6.07, 6.45) is 0. The van der Waals surface area contributed by atoms with E-state index in [2.05, 4.69) is 10.3 Å². The Morgan fingerprint density at radius 1 is 1.28 bits per heavy atom. The number of fused-ring (bicyclic) bond motifs is 1. The van der Waals surface area contributed by atoms with Gasteiger partial charge in [0.1, 0.15) is 21.6 Å². The van der Waals surface area contributed by atoms with E-state index in [0.29, 0.717) is 10.2 Å². The molecule has 0 bridgehead atoms. The predicted octanol–water partition coefficient (Wildman–Crippen LogP) is 2.28. The quantitative estimate of drug-likeness (QED) is 0.563. The molecule has 0 aliphatic carbocycles. The van der Waals surface area contributed by atoms with Gasteiger partial charge in [0.15, 0.2) is 0 Å². The van der Waals surface area contributed by atoms with Gasteiger partial charge >= 0.3 is 5.97 Å². The van der Waals surface area contributed by atoms with Crippen molar-refractivity contribution in [2.75, 3.05) is 16.8 Å². The van der Waals surface area contributed by atoms with Crippen LogP contribution in [0.15, 0.2) is 30.3 Å². The van der Waals surface area contributed by atoms with Crippen LogP contribution in [0, 0.1) is 11.3 Å². The zero-order valence-electron chi connectivity index (χ0n) is 12.6. The zero-order chi connectivity index (χ0) is 18.1. The van der Waals surface area contributed by atoms with Crippen molar-refractivity contribution in [3.05, 3.63) is 46.3 Å². The number of hydrogen-bond acceptors (Lipinski definition) is 7. The molecule has 124 valence electrons. The van der Waals surface area contributed by atoms with Gasteiger partial charge in [0.05, 0.1) is 22.5 Å². The maximum Gasteiger partial charge on any atom is 0.337 e. The third-order valence-electron chi connectivity index (χ3n) is 3.48. The number of benzene rings is 1. The fraction of sp³-hybridized carbons (Fsp3) is 0. The van der Waals surface area contributed by atoms with Crippen LogP contribution >= 0.6 is 11.3 Å². The lowest BCUT2D eigenvalue weighted by molar-refractivity contribution is 0.0698. The van der Waals surface area contributed by atoms with Crippen molar-refractivity contribution >= 4 is 50.6 Å². The number of carbonyl (C=O) groups excluding carboxylic acids is 1. The first-order valence-electron chi connectivity index (χ1n) is 6.94. The van der Waals surface area contributed by atoms with Crippen molar-refractivity contribution < 1.29 is 14.7 Å². The lowest BCUT2D eigenvalue weighted by atomic mass is 10.1. The first-order valence-corrected chi connectivity index (χ1v) is 7.76. The summed E-state index contributed by atoms with van der Waals surface area (Å²) in [6, 6.07) is 9.42. The maximum absolute atomic E-state index is 12.5. The van der Waals surface area contributed by atoms with Gasteiger partial charge in [-0.1, -0.05) is 12.1 Å². The molecule has 2 aromatic heterocycles. The molecule has 0 saturated carbocycles. The highest BCUT2D eigenvalue weighted by atomic mass is 32.1. The normalized spacial score (nSPS) is 10.4. The number of hydrogen-bond donors (Lipinski definition) is 4. The van der Waals surface area contributed by atoms with Crippen LogP contribution in [0.1, 0.15) is 25.6 Å². The Bertz CT molecular complexity index is 1070. The Balaban J connectivity index is 2.03. The first-order chi connectivity index (χ1) is 11.9. The van der Waals surface area contributed by atoms with Crippen LogP contribution in [0.3, 0.4) is 0 Å². The van der Waals surface area contributed by atoms with Crippen molar-refractivity contribution in [2.24, 2.45) is 0 Å². The highest BCUT2D eigenvalue weighted by Gasteiger charge is 2.20. The Morgan fingerprint density at radius 2 is 2.00 bits per heavy atom. The minimum atomic E-state index is -1.16. The van der Waals surface area contributed by atoms with E-state index < -0.39 is 11.9 Å². The maximum atomic E-state index is 12.5. The Morgan fingerprint density at radius 3 is 2.68 bits per heavy atom. The summed E-state index contributed by atoms with van der Waals surface area (Å²) in [5.74, 6) is -1.67. The third kappa shape index (κ3) is 2.82. The van der Waals surface area contributed by atoms with E-state index in [9.17, 15) is 14.7 Å². The average Bonchev–Trinajstić information content (AvgIpc) is 2.90. The van der Waals surface area contributed by atoms with Crippen LogP contribution in [0.4, 0.5) is 17.2 Å². The van der Waals surface area contributed by atoms with E-state index in [1.54, 1.807) is 12.1 Å². The number of carboxylic acid groups (broad SMARTS) is 1. The number of rotatable bonds is 3. The number of nitrogens with zero attached hydrogens (tertiary/aromatic N) is 2. The second-order valence-electron chi connectivity index (χ2n) is 5.04. The molecule has 0 atom stereocenters. The number of nitrogen functional groups attached to an aromatic ring is 2. The number of carbonyl (C=O) groups is 2. The number of pyridine rings is 1. The van der Waals surface area contributed by atoms with E-state index in [-0.39, 0.29) is 33.2 Å². The van der Waals surface area contributed by atoms with Crippen molar-refractivity contribution in [2.45, 2.75) is 0 Å². The number of amides is 1. The van der Waals surface area contributed by atoms with E-state index >= 15 is 0 Å². The lowest BCUT2D eigenvalue weighted by Crippen LogP contribution is -2.14. The molecule has 0 spiro atoms. The largest absolute Gasteiger partial charge is 0.478 e. The number of para-hydroxylation sites is 1. The van der Waals surface area contributed by atoms with Gasteiger partial charge in [0, 0.05) is 5.39 Å². The summed E-state index contributed by atoms with van der Waals surface area (Å²) in [4.78, 5) is 28.4. The molecule has 0 saturated heterocycles. The van der Waals surface area contributed by atoms with E-state index in [1.165, 1.54) is 18.2 Å². The molecule has 0 aliphatic heterocycles. The van der Waals surface area contributed by atoms with Crippen LogP contribution in [-0.2, 0) is 0 Å². The molecule has 1 amide bonds. The number of aromatic carboxylic acids is 1. The Labute approximate surface area is 145 Å².